The van der Waals surface area contributed by atoms with Gasteiger partial charge in [-0.1, -0.05) is 48.5 Å². The zero-order valence-electron chi connectivity index (χ0n) is 22.6. The van der Waals surface area contributed by atoms with E-state index in [2.05, 4.69) is 0 Å². The topological polar surface area (TPSA) is 71.1 Å². The number of hydrogen-bond acceptors (Lipinski definition) is 6. The number of ether oxygens (including phenoxy) is 4. The largest absolute Gasteiger partial charge is 0.493 e. The van der Waals surface area contributed by atoms with Crippen LogP contribution >= 0.6 is 0 Å². The Morgan fingerprint density at radius 2 is 1.35 bits per heavy atom. The van der Waals surface area contributed by atoms with Crippen LogP contribution in [0, 0.1) is 0 Å². The second-order valence-corrected chi connectivity index (χ2v) is 10.4. The minimum absolute atomic E-state index is 0.0849. The number of carbonyl (C=O) groups is 2. The molecule has 204 valence electrons. The third kappa shape index (κ3) is 5.26. The zero-order chi connectivity index (χ0) is 27.5. The van der Waals surface area contributed by atoms with Gasteiger partial charge in [0.1, 0.15) is 30.5 Å². The van der Waals surface area contributed by atoms with E-state index in [1.54, 1.807) is 7.11 Å². The van der Waals surface area contributed by atoms with Crippen molar-refractivity contribution >= 4 is 11.6 Å². The molecule has 3 aromatic rings. The van der Waals surface area contributed by atoms with Gasteiger partial charge in [-0.15, -0.1) is 0 Å². The van der Waals surface area contributed by atoms with Crippen LogP contribution in [0.3, 0.4) is 0 Å². The van der Waals surface area contributed by atoms with Gasteiger partial charge in [0.05, 0.1) is 7.11 Å². The molecule has 3 aliphatic rings. The number of benzene rings is 3. The SMILES string of the molecule is COc1cc(COc2ccc(C3C4=C(CCCC4=O)OC4=C3C(=O)CCC4)cc2)ccc1OCc1ccccc1. The average molecular weight is 537 g/mol. The average Bonchev–Trinajstić information content (AvgIpc) is 2.99. The molecule has 1 aliphatic heterocycles. The summed E-state index contributed by atoms with van der Waals surface area (Å²) in [7, 11) is 1.63. The van der Waals surface area contributed by atoms with Crippen LogP contribution in [0.5, 0.6) is 17.2 Å². The molecule has 0 saturated heterocycles. The molecule has 0 unspecified atom stereocenters. The molecule has 0 amide bonds. The Kier molecular flexibility index (Phi) is 7.41. The fraction of sp³-hybridized carbons (Fsp3) is 0.294. The van der Waals surface area contributed by atoms with Gasteiger partial charge in [-0.25, -0.2) is 0 Å². The van der Waals surface area contributed by atoms with Gasteiger partial charge in [-0.05, 0) is 53.8 Å². The van der Waals surface area contributed by atoms with Gasteiger partial charge in [-0.2, -0.15) is 0 Å². The van der Waals surface area contributed by atoms with Gasteiger partial charge < -0.3 is 18.9 Å². The molecular weight excluding hydrogens is 504 g/mol. The van der Waals surface area contributed by atoms with Crippen LogP contribution < -0.4 is 14.2 Å². The standard InChI is InChI=1S/C34H32O6/c1-37-31-19-23(13-18-28(31)39-20-22-7-3-2-4-8-22)21-38-25-16-14-24(15-17-25)32-33-26(35)9-5-11-29(33)40-30-12-6-10-27(36)34(30)32/h2-4,7-8,13-19,32H,5-6,9-12,20-21H2,1H3. The lowest BCUT2D eigenvalue weighted by molar-refractivity contribution is -0.117. The van der Waals surface area contributed by atoms with Gasteiger partial charge >= 0.3 is 0 Å². The van der Waals surface area contributed by atoms with Crippen molar-refractivity contribution in [2.45, 2.75) is 57.7 Å². The highest BCUT2D eigenvalue weighted by Gasteiger charge is 2.41. The van der Waals surface area contributed by atoms with E-state index in [4.69, 9.17) is 18.9 Å². The monoisotopic (exact) mass is 536 g/mol. The molecular formula is C34H32O6. The third-order valence-electron chi connectivity index (χ3n) is 7.72. The predicted molar refractivity (Wildman–Crippen MR) is 150 cm³/mol. The molecule has 0 aromatic heterocycles. The van der Waals surface area contributed by atoms with E-state index in [0.717, 1.165) is 53.9 Å². The molecule has 6 nitrogen and oxygen atoms in total. The molecule has 0 N–H and O–H groups in total. The summed E-state index contributed by atoms with van der Waals surface area (Å²) in [4.78, 5) is 26.0. The van der Waals surface area contributed by atoms with Crippen LogP contribution in [-0.2, 0) is 27.5 Å². The summed E-state index contributed by atoms with van der Waals surface area (Å²) < 4.78 is 23.7. The Morgan fingerprint density at radius 3 is 2.00 bits per heavy atom. The van der Waals surface area contributed by atoms with E-state index in [1.807, 2.05) is 72.8 Å². The number of methoxy groups -OCH3 is 1. The van der Waals surface area contributed by atoms with Crippen LogP contribution in [0.25, 0.3) is 0 Å². The second kappa shape index (κ2) is 11.4. The van der Waals surface area contributed by atoms with Crippen molar-refractivity contribution in [2.24, 2.45) is 0 Å². The molecule has 40 heavy (non-hydrogen) atoms. The highest BCUT2D eigenvalue weighted by Crippen LogP contribution is 2.47. The number of Topliss-reactive ketones (excluding diaryl/α,β-unsaturated/α-hetero) is 2. The molecule has 6 rings (SSSR count). The zero-order valence-corrected chi connectivity index (χ0v) is 22.6. The summed E-state index contributed by atoms with van der Waals surface area (Å²) in [6, 6.07) is 23.5. The lowest BCUT2D eigenvalue weighted by Gasteiger charge is -2.36. The van der Waals surface area contributed by atoms with Crippen molar-refractivity contribution in [2.75, 3.05) is 7.11 Å². The lowest BCUT2D eigenvalue weighted by Crippen LogP contribution is -2.30. The number of ketones is 2. The number of carbonyl (C=O) groups excluding carboxylic acids is 2. The van der Waals surface area contributed by atoms with Crippen molar-refractivity contribution in [3.8, 4) is 17.2 Å². The van der Waals surface area contributed by atoms with E-state index in [9.17, 15) is 9.59 Å². The van der Waals surface area contributed by atoms with Crippen molar-refractivity contribution < 1.29 is 28.5 Å². The maximum Gasteiger partial charge on any atom is 0.163 e. The molecule has 0 spiro atoms. The highest BCUT2D eigenvalue weighted by molar-refractivity contribution is 6.05. The van der Waals surface area contributed by atoms with Gasteiger partial charge in [0, 0.05) is 42.7 Å². The molecule has 0 bridgehead atoms. The summed E-state index contributed by atoms with van der Waals surface area (Å²) in [6.07, 6.45) is 4.05. The first-order chi connectivity index (χ1) is 19.6. The molecule has 0 fully saturated rings. The quantitative estimate of drug-likeness (QED) is 0.309. The first-order valence-electron chi connectivity index (χ1n) is 13.9. The molecule has 3 aromatic carbocycles. The van der Waals surface area contributed by atoms with Gasteiger partial charge in [-0.3, -0.25) is 9.59 Å². The van der Waals surface area contributed by atoms with E-state index in [1.165, 1.54) is 0 Å². The van der Waals surface area contributed by atoms with Gasteiger partial charge in [0.25, 0.3) is 0 Å². The van der Waals surface area contributed by atoms with E-state index < -0.39 is 0 Å². The predicted octanol–water partition coefficient (Wildman–Crippen LogP) is 6.98. The molecule has 1 heterocycles. The number of allylic oxidation sites excluding steroid dienone is 4. The highest BCUT2D eigenvalue weighted by atomic mass is 16.5. The smallest absolute Gasteiger partial charge is 0.163 e. The molecule has 0 atom stereocenters. The summed E-state index contributed by atoms with van der Waals surface area (Å²) in [5.74, 6) is 3.33. The summed E-state index contributed by atoms with van der Waals surface area (Å²) in [5, 5.41) is 0. The summed E-state index contributed by atoms with van der Waals surface area (Å²) in [6.45, 7) is 0.814. The number of rotatable bonds is 8. The normalized spacial score (nSPS) is 17.2. The van der Waals surface area contributed by atoms with Crippen molar-refractivity contribution in [1.82, 2.24) is 0 Å². The Labute approximate surface area is 234 Å². The second-order valence-electron chi connectivity index (χ2n) is 10.4. The fourth-order valence-corrected chi connectivity index (χ4v) is 5.73. The Morgan fingerprint density at radius 1 is 0.700 bits per heavy atom. The van der Waals surface area contributed by atoms with E-state index in [0.29, 0.717) is 54.5 Å². The Hall–Kier alpha value is -4.32. The Balaban J connectivity index is 1.17. The van der Waals surface area contributed by atoms with Crippen LogP contribution in [-0.4, -0.2) is 18.7 Å². The lowest BCUT2D eigenvalue weighted by atomic mass is 9.73. The molecule has 0 saturated carbocycles. The summed E-state index contributed by atoms with van der Waals surface area (Å²) >= 11 is 0. The maximum atomic E-state index is 13.0. The number of hydrogen-bond donors (Lipinski definition) is 0. The van der Waals surface area contributed by atoms with Crippen molar-refractivity contribution in [1.29, 1.82) is 0 Å². The molecule has 2 aliphatic carbocycles. The van der Waals surface area contributed by atoms with E-state index in [-0.39, 0.29) is 17.5 Å². The molecule has 0 radical (unpaired) electrons. The third-order valence-corrected chi connectivity index (χ3v) is 7.72. The maximum absolute atomic E-state index is 13.0. The van der Waals surface area contributed by atoms with Crippen molar-refractivity contribution in [3.63, 3.8) is 0 Å². The van der Waals surface area contributed by atoms with Gasteiger partial charge in [0.15, 0.2) is 23.1 Å². The van der Waals surface area contributed by atoms with Crippen LogP contribution in [0.1, 0.15) is 61.1 Å². The minimum Gasteiger partial charge on any atom is -0.493 e. The molecule has 6 heteroatoms. The fourth-order valence-electron chi connectivity index (χ4n) is 5.73. The van der Waals surface area contributed by atoms with Crippen LogP contribution in [0.4, 0.5) is 0 Å². The Bertz CT molecular complexity index is 1440. The van der Waals surface area contributed by atoms with Crippen molar-refractivity contribution in [3.05, 3.63) is 112 Å². The van der Waals surface area contributed by atoms with Crippen LogP contribution in [0.2, 0.25) is 0 Å². The minimum atomic E-state index is -0.360. The van der Waals surface area contributed by atoms with E-state index >= 15 is 0 Å². The van der Waals surface area contributed by atoms with Gasteiger partial charge in [0.2, 0.25) is 0 Å². The van der Waals surface area contributed by atoms with Crippen LogP contribution in [0.15, 0.2) is 95.5 Å². The summed E-state index contributed by atoms with van der Waals surface area (Å²) in [5.41, 5.74) is 4.28. The first kappa shape index (κ1) is 25.9. The first-order valence-corrected chi connectivity index (χ1v) is 13.9.